The number of carbonyl (C=O) groups is 1. The fraction of sp³-hybridized carbons (Fsp3) is 0.235. The Kier molecular flexibility index (Phi) is 5.53. The van der Waals surface area contributed by atoms with Crippen molar-refractivity contribution >= 4 is 11.7 Å². The van der Waals surface area contributed by atoms with Crippen molar-refractivity contribution in [3.05, 3.63) is 48.2 Å². The van der Waals surface area contributed by atoms with E-state index in [0.29, 0.717) is 22.9 Å². The molecule has 0 bridgehead atoms. The second-order valence-electron chi connectivity index (χ2n) is 5.03. The summed E-state index contributed by atoms with van der Waals surface area (Å²) in [6, 6.07) is 12.1. The number of aromatic nitrogens is 1. The van der Waals surface area contributed by atoms with E-state index in [1.807, 2.05) is 19.9 Å². The van der Waals surface area contributed by atoms with Crippen LogP contribution in [0.2, 0.25) is 0 Å². The first kappa shape index (κ1) is 16.3. The summed E-state index contributed by atoms with van der Waals surface area (Å²) in [7, 11) is 0. The number of pyridine rings is 1. The maximum Gasteiger partial charge on any atom is 0.319 e. The molecule has 6 heteroatoms. The van der Waals surface area contributed by atoms with Gasteiger partial charge >= 0.3 is 6.03 Å². The van der Waals surface area contributed by atoms with E-state index in [9.17, 15) is 4.79 Å². The predicted molar refractivity (Wildman–Crippen MR) is 87.4 cm³/mol. The minimum Gasteiger partial charge on any atom is -0.439 e. The van der Waals surface area contributed by atoms with Gasteiger partial charge in [0.2, 0.25) is 5.88 Å². The summed E-state index contributed by atoms with van der Waals surface area (Å²) in [5.74, 6) is 0.925. The Hall–Kier alpha value is -3.07. The number of ether oxygens (including phenoxy) is 1. The molecule has 0 aliphatic carbocycles. The molecule has 6 nitrogen and oxygen atoms in total. The summed E-state index contributed by atoms with van der Waals surface area (Å²) in [5.41, 5.74) is 1.09. The fourth-order valence-electron chi connectivity index (χ4n) is 1.76. The summed E-state index contributed by atoms with van der Waals surface area (Å²) in [5, 5.41) is 14.3. The van der Waals surface area contributed by atoms with Crippen molar-refractivity contribution in [1.29, 1.82) is 5.26 Å². The topological polar surface area (TPSA) is 87.0 Å². The Balaban J connectivity index is 2.01. The first-order chi connectivity index (χ1) is 11.1. The molecule has 0 saturated heterocycles. The van der Waals surface area contributed by atoms with Crippen LogP contribution >= 0.6 is 0 Å². The smallest absolute Gasteiger partial charge is 0.319 e. The molecule has 1 aromatic heterocycles. The van der Waals surface area contributed by atoms with Gasteiger partial charge in [-0.1, -0.05) is 13.0 Å². The normalized spacial score (nSPS) is 11.2. The zero-order chi connectivity index (χ0) is 16.7. The molecule has 1 aromatic carbocycles. The van der Waals surface area contributed by atoms with Crippen molar-refractivity contribution in [1.82, 2.24) is 10.3 Å². The highest BCUT2D eigenvalue weighted by atomic mass is 16.5. The Morgan fingerprint density at radius 1 is 1.39 bits per heavy atom. The Labute approximate surface area is 135 Å². The van der Waals surface area contributed by atoms with Crippen molar-refractivity contribution in [3.8, 4) is 17.7 Å². The molecule has 0 radical (unpaired) electrons. The zero-order valence-electron chi connectivity index (χ0n) is 13.0. The maximum absolute atomic E-state index is 11.8. The van der Waals surface area contributed by atoms with Gasteiger partial charge in [-0.15, -0.1) is 0 Å². The van der Waals surface area contributed by atoms with Crippen LogP contribution in [0.4, 0.5) is 10.5 Å². The molecule has 0 unspecified atom stereocenters. The number of carbonyl (C=O) groups excluding carboxylic acids is 1. The fourth-order valence-corrected chi connectivity index (χ4v) is 1.76. The molecular formula is C17H18N4O2. The van der Waals surface area contributed by atoms with Crippen LogP contribution in [0.3, 0.4) is 0 Å². The number of hydrogen-bond donors (Lipinski definition) is 2. The van der Waals surface area contributed by atoms with Crippen LogP contribution < -0.4 is 15.4 Å². The van der Waals surface area contributed by atoms with E-state index in [1.165, 1.54) is 6.20 Å². The van der Waals surface area contributed by atoms with E-state index in [-0.39, 0.29) is 12.1 Å². The number of urea groups is 1. The first-order valence-electron chi connectivity index (χ1n) is 7.32. The third-order valence-electron chi connectivity index (χ3n) is 3.17. The lowest BCUT2D eigenvalue weighted by Crippen LogP contribution is -2.35. The van der Waals surface area contributed by atoms with Gasteiger partial charge in [-0.2, -0.15) is 5.26 Å². The van der Waals surface area contributed by atoms with Crippen molar-refractivity contribution in [2.75, 3.05) is 5.32 Å². The van der Waals surface area contributed by atoms with Gasteiger partial charge in [0.1, 0.15) is 11.8 Å². The van der Waals surface area contributed by atoms with Crippen molar-refractivity contribution in [2.24, 2.45) is 0 Å². The first-order valence-corrected chi connectivity index (χ1v) is 7.32. The van der Waals surface area contributed by atoms with Crippen molar-refractivity contribution in [2.45, 2.75) is 26.3 Å². The number of nitrogens with zero attached hydrogens (tertiary/aromatic N) is 2. The van der Waals surface area contributed by atoms with Crippen LogP contribution in [-0.2, 0) is 0 Å². The quantitative estimate of drug-likeness (QED) is 0.882. The van der Waals surface area contributed by atoms with E-state index in [4.69, 9.17) is 10.00 Å². The molecule has 2 rings (SSSR count). The number of rotatable bonds is 5. The van der Waals surface area contributed by atoms with Crippen molar-refractivity contribution in [3.63, 3.8) is 0 Å². The molecule has 1 atom stereocenters. The second-order valence-corrected chi connectivity index (χ2v) is 5.03. The molecule has 2 N–H and O–H groups in total. The van der Waals surface area contributed by atoms with Crippen LogP contribution in [0, 0.1) is 11.3 Å². The van der Waals surface area contributed by atoms with Crippen LogP contribution in [-0.4, -0.2) is 17.1 Å². The average molecular weight is 310 g/mol. The standard InChI is InChI=1S/C17H18N4O2/c1-3-12(2)20-17(22)21-14-5-4-6-15(9-14)23-16-8-7-13(10-18)11-19-16/h4-9,11-12H,3H2,1-2H3,(H2,20,21,22)/t12-/m1/s1. The van der Waals surface area contributed by atoms with E-state index >= 15 is 0 Å². The third kappa shape index (κ3) is 5.00. The van der Waals surface area contributed by atoms with Gasteiger partial charge in [0.15, 0.2) is 0 Å². The zero-order valence-corrected chi connectivity index (χ0v) is 13.0. The number of nitriles is 1. The van der Waals surface area contributed by atoms with Gasteiger partial charge in [0.05, 0.1) is 5.56 Å². The van der Waals surface area contributed by atoms with E-state index in [0.717, 1.165) is 6.42 Å². The molecule has 0 fully saturated rings. The summed E-state index contributed by atoms with van der Waals surface area (Å²) >= 11 is 0. The van der Waals surface area contributed by atoms with Gasteiger partial charge in [-0.3, -0.25) is 0 Å². The lowest BCUT2D eigenvalue weighted by Gasteiger charge is -2.13. The molecule has 2 aromatic rings. The maximum atomic E-state index is 11.8. The summed E-state index contributed by atoms with van der Waals surface area (Å²) in [4.78, 5) is 15.9. The Morgan fingerprint density at radius 3 is 2.87 bits per heavy atom. The van der Waals surface area contributed by atoms with Crippen LogP contribution in [0.25, 0.3) is 0 Å². The molecule has 118 valence electrons. The highest BCUT2D eigenvalue weighted by Crippen LogP contribution is 2.22. The number of hydrogen-bond acceptors (Lipinski definition) is 4. The Bertz CT molecular complexity index is 707. The van der Waals surface area contributed by atoms with E-state index < -0.39 is 0 Å². The van der Waals surface area contributed by atoms with Crippen LogP contribution in [0.5, 0.6) is 11.6 Å². The molecule has 2 amide bonds. The molecule has 0 saturated carbocycles. The summed E-state index contributed by atoms with van der Waals surface area (Å²) in [6.07, 6.45) is 2.30. The Morgan fingerprint density at radius 2 is 2.22 bits per heavy atom. The molecule has 0 spiro atoms. The SMILES string of the molecule is CC[C@@H](C)NC(=O)Nc1cccc(Oc2ccc(C#N)cn2)c1. The number of benzene rings is 1. The largest absolute Gasteiger partial charge is 0.439 e. The number of amides is 2. The minimum absolute atomic E-state index is 0.109. The lowest BCUT2D eigenvalue weighted by molar-refractivity contribution is 0.249. The molecule has 0 aliphatic rings. The highest BCUT2D eigenvalue weighted by Gasteiger charge is 2.06. The van der Waals surface area contributed by atoms with Crippen molar-refractivity contribution < 1.29 is 9.53 Å². The molecular weight excluding hydrogens is 292 g/mol. The van der Waals surface area contributed by atoms with E-state index in [1.54, 1.807) is 36.4 Å². The van der Waals surface area contributed by atoms with Crippen LogP contribution in [0.1, 0.15) is 25.8 Å². The third-order valence-corrected chi connectivity index (χ3v) is 3.17. The highest BCUT2D eigenvalue weighted by molar-refractivity contribution is 5.89. The second kappa shape index (κ2) is 7.80. The van der Waals surface area contributed by atoms with Crippen LogP contribution in [0.15, 0.2) is 42.6 Å². The minimum atomic E-state index is -0.256. The summed E-state index contributed by atoms with van der Waals surface area (Å²) in [6.45, 7) is 3.94. The van der Waals surface area contributed by atoms with Gasteiger partial charge in [-0.25, -0.2) is 9.78 Å². The molecule has 23 heavy (non-hydrogen) atoms. The van der Waals surface area contributed by atoms with Gasteiger partial charge < -0.3 is 15.4 Å². The number of anilines is 1. The molecule has 0 aliphatic heterocycles. The average Bonchev–Trinajstić information content (AvgIpc) is 2.55. The summed E-state index contributed by atoms with van der Waals surface area (Å²) < 4.78 is 5.61. The molecule has 1 heterocycles. The monoisotopic (exact) mass is 310 g/mol. The van der Waals surface area contributed by atoms with Gasteiger partial charge in [-0.05, 0) is 31.5 Å². The van der Waals surface area contributed by atoms with E-state index in [2.05, 4.69) is 15.6 Å². The lowest BCUT2D eigenvalue weighted by atomic mass is 10.2. The van der Waals surface area contributed by atoms with Gasteiger partial charge in [0.25, 0.3) is 0 Å². The predicted octanol–water partition coefficient (Wildman–Crippen LogP) is 3.67. The number of nitrogens with one attached hydrogen (secondary N) is 2. The van der Waals surface area contributed by atoms with Gasteiger partial charge in [0, 0.05) is 30.1 Å².